The van der Waals surface area contributed by atoms with Crippen molar-refractivity contribution in [3.05, 3.63) is 11.6 Å². The summed E-state index contributed by atoms with van der Waals surface area (Å²) in [6.45, 7) is 0.813. The molecule has 2 aliphatic rings. The largest absolute Gasteiger partial charge is 0.477 e. The molecule has 1 heterocycles. The Labute approximate surface area is 95.0 Å². The van der Waals surface area contributed by atoms with E-state index in [1.807, 2.05) is 0 Å². The van der Waals surface area contributed by atoms with Crippen molar-refractivity contribution in [3.63, 3.8) is 0 Å². The first-order valence-electron chi connectivity index (χ1n) is 5.81. The van der Waals surface area contributed by atoms with Crippen LogP contribution in [0.5, 0.6) is 0 Å². The fraction of sp³-hybridized carbons (Fsp3) is 0.667. The summed E-state index contributed by atoms with van der Waals surface area (Å²) < 4.78 is 0. The molecule has 0 radical (unpaired) electrons. The first-order chi connectivity index (χ1) is 7.72. The molecule has 2 rings (SSSR count). The number of hydrogen-bond acceptors (Lipinski definition) is 3. The lowest BCUT2D eigenvalue weighted by atomic mass is 9.79. The van der Waals surface area contributed by atoms with E-state index in [-0.39, 0.29) is 11.5 Å². The molecule has 4 nitrogen and oxygen atoms in total. The van der Waals surface area contributed by atoms with Gasteiger partial charge in [-0.3, -0.25) is 0 Å². The zero-order valence-corrected chi connectivity index (χ0v) is 9.15. The van der Waals surface area contributed by atoms with Crippen molar-refractivity contribution < 1.29 is 9.90 Å². The van der Waals surface area contributed by atoms with Crippen molar-refractivity contribution in [1.29, 1.82) is 5.26 Å². The number of nitriles is 1. The fourth-order valence-electron chi connectivity index (χ4n) is 2.92. The van der Waals surface area contributed by atoms with Crippen molar-refractivity contribution in [3.8, 4) is 6.07 Å². The molecule has 0 amide bonds. The van der Waals surface area contributed by atoms with Crippen molar-refractivity contribution >= 4 is 5.97 Å². The number of fused-ring (bicyclic) bond motifs is 1. The van der Waals surface area contributed by atoms with Crippen molar-refractivity contribution in [1.82, 2.24) is 5.32 Å². The third kappa shape index (κ3) is 2.10. The number of nitrogens with zero attached hydrogens (tertiary/aromatic N) is 1. The highest BCUT2D eigenvalue weighted by Gasteiger charge is 2.36. The second kappa shape index (κ2) is 4.67. The van der Waals surface area contributed by atoms with Gasteiger partial charge in [-0.05, 0) is 24.7 Å². The van der Waals surface area contributed by atoms with Crippen LogP contribution in [-0.4, -0.2) is 23.7 Å². The van der Waals surface area contributed by atoms with E-state index < -0.39 is 5.97 Å². The molecule has 3 atom stereocenters. The standard InChI is InChI=1S/C12H16N2O2/c13-6-8(12(15)16)5-9-7-14-11-4-2-1-3-10(9)11/h5,9-11,14H,1-4,7H2,(H,15,16). The van der Waals surface area contributed by atoms with Gasteiger partial charge in [-0.25, -0.2) is 4.79 Å². The van der Waals surface area contributed by atoms with E-state index in [1.54, 1.807) is 12.1 Å². The minimum Gasteiger partial charge on any atom is -0.477 e. The van der Waals surface area contributed by atoms with Crippen LogP contribution in [0, 0.1) is 23.2 Å². The summed E-state index contributed by atoms with van der Waals surface area (Å²) in [5.74, 6) is -0.366. The van der Waals surface area contributed by atoms with Crippen LogP contribution >= 0.6 is 0 Å². The smallest absolute Gasteiger partial charge is 0.346 e. The maximum atomic E-state index is 10.8. The topological polar surface area (TPSA) is 73.1 Å². The van der Waals surface area contributed by atoms with Gasteiger partial charge in [0.05, 0.1) is 0 Å². The fourth-order valence-corrected chi connectivity index (χ4v) is 2.92. The number of carbonyl (C=O) groups is 1. The third-order valence-electron chi connectivity index (χ3n) is 3.72. The molecule has 0 aromatic rings. The predicted octanol–water partition coefficient (Wildman–Crippen LogP) is 1.30. The molecule has 1 aliphatic carbocycles. The minimum atomic E-state index is -1.11. The van der Waals surface area contributed by atoms with Crippen LogP contribution in [0.4, 0.5) is 0 Å². The summed E-state index contributed by atoms with van der Waals surface area (Å²) in [6.07, 6.45) is 6.46. The Morgan fingerprint density at radius 3 is 2.88 bits per heavy atom. The number of carboxylic acid groups (broad SMARTS) is 1. The van der Waals surface area contributed by atoms with Gasteiger partial charge >= 0.3 is 5.97 Å². The zero-order valence-electron chi connectivity index (χ0n) is 9.15. The molecular weight excluding hydrogens is 204 g/mol. The molecule has 86 valence electrons. The van der Waals surface area contributed by atoms with Crippen LogP contribution in [0.3, 0.4) is 0 Å². The molecule has 0 bridgehead atoms. The van der Waals surface area contributed by atoms with Gasteiger partial charge < -0.3 is 10.4 Å². The number of nitrogens with one attached hydrogen (secondary N) is 1. The second-order valence-electron chi connectivity index (χ2n) is 4.62. The average molecular weight is 220 g/mol. The Hall–Kier alpha value is -1.34. The molecule has 2 N–H and O–H groups in total. The molecule has 1 saturated heterocycles. The van der Waals surface area contributed by atoms with E-state index in [0.29, 0.717) is 12.0 Å². The normalized spacial score (nSPS) is 34.2. The number of carboxylic acids is 1. The Bertz CT molecular complexity index is 357. The quantitative estimate of drug-likeness (QED) is 0.543. The molecule has 1 saturated carbocycles. The first kappa shape index (κ1) is 11.2. The van der Waals surface area contributed by atoms with Crippen LogP contribution in [0.2, 0.25) is 0 Å². The molecule has 4 heteroatoms. The van der Waals surface area contributed by atoms with E-state index in [4.69, 9.17) is 10.4 Å². The molecule has 0 aromatic carbocycles. The van der Waals surface area contributed by atoms with Crippen molar-refractivity contribution in [2.75, 3.05) is 6.54 Å². The highest BCUT2D eigenvalue weighted by molar-refractivity contribution is 5.91. The maximum Gasteiger partial charge on any atom is 0.346 e. The lowest BCUT2D eigenvalue weighted by Gasteiger charge is -2.27. The summed E-state index contributed by atoms with van der Waals surface area (Å²) in [5, 5.41) is 21.0. The van der Waals surface area contributed by atoms with Gasteiger partial charge in [-0.2, -0.15) is 5.26 Å². The van der Waals surface area contributed by atoms with Crippen LogP contribution < -0.4 is 5.32 Å². The molecular formula is C12H16N2O2. The van der Waals surface area contributed by atoms with Gasteiger partial charge in [0.15, 0.2) is 0 Å². The Balaban J connectivity index is 2.11. The van der Waals surface area contributed by atoms with Crippen LogP contribution in [0.15, 0.2) is 11.6 Å². The van der Waals surface area contributed by atoms with Crippen molar-refractivity contribution in [2.24, 2.45) is 11.8 Å². The molecule has 2 fully saturated rings. The van der Waals surface area contributed by atoms with Gasteiger partial charge in [0.25, 0.3) is 0 Å². The van der Waals surface area contributed by atoms with Gasteiger partial charge in [0.2, 0.25) is 0 Å². The lowest BCUT2D eigenvalue weighted by Crippen LogP contribution is -2.30. The van der Waals surface area contributed by atoms with Crippen LogP contribution in [0.25, 0.3) is 0 Å². The lowest BCUT2D eigenvalue weighted by molar-refractivity contribution is -0.132. The van der Waals surface area contributed by atoms with Gasteiger partial charge in [0, 0.05) is 12.6 Å². The highest BCUT2D eigenvalue weighted by atomic mass is 16.4. The SMILES string of the molecule is N#CC(=CC1CNC2CCCCC12)C(=O)O. The van der Waals surface area contributed by atoms with Gasteiger partial charge in [0.1, 0.15) is 11.6 Å². The highest BCUT2D eigenvalue weighted by Crippen LogP contribution is 2.35. The third-order valence-corrected chi connectivity index (χ3v) is 3.72. The van der Waals surface area contributed by atoms with E-state index in [1.165, 1.54) is 19.3 Å². The summed E-state index contributed by atoms with van der Waals surface area (Å²) >= 11 is 0. The van der Waals surface area contributed by atoms with Gasteiger partial charge in [-0.1, -0.05) is 18.9 Å². The molecule has 3 unspecified atom stereocenters. The predicted molar refractivity (Wildman–Crippen MR) is 58.6 cm³/mol. The second-order valence-corrected chi connectivity index (χ2v) is 4.62. The molecule has 1 aliphatic heterocycles. The van der Waals surface area contributed by atoms with Crippen molar-refractivity contribution in [2.45, 2.75) is 31.7 Å². The van der Waals surface area contributed by atoms with E-state index in [0.717, 1.165) is 13.0 Å². The Morgan fingerprint density at radius 2 is 2.19 bits per heavy atom. The minimum absolute atomic E-state index is 0.113. The van der Waals surface area contributed by atoms with Crippen LogP contribution in [0.1, 0.15) is 25.7 Å². The summed E-state index contributed by atoms with van der Waals surface area (Å²) in [6, 6.07) is 2.29. The molecule has 0 spiro atoms. The Morgan fingerprint density at radius 1 is 1.44 bits per heavy atom. The first-order valence-corrected chi connectivity index (χ1v) is 5.81. The van der Waals surface area contributed by atoms with E-state index in [2.05, 4.69) is 5.32 Å². The van der Waals surface area contributed by atoms with Crippen LogP contribution in [-0.2, 0) is 4.79 Å². The number of rotatable bonds is 2. The Kier molecular flexibility index (Phi) is 3.25. The summed E-state index contributed by atoms with van der Waals surface area (Å²) in [7, 11) is 0. The maximum absolute atomic E-state index is 10.8. The molecule has 0 aromatic heterocycles. The molecule has 16 heavy (non-hydrogen) atoms. The average Bonchev–Trinajstić information content (AvgIpc) is 2.69. The zero-order chi connectivity index (χ0) is 11.5. The summed E-state index contributed by atoms with van der Waals surface area (Å²) in [5.41, 5.74) is -0.113. The van der Waals surface area contributed by atoms with Gasteiger partial charge in [-0.15, -0.1) is 0 Å². The summed E-state index contributed by atoms with van der Waals surface area (Å²) in [4.78, 5) is 10.8. The monoisotopic (exact) mass is 220 g/mol. The van der Waals surface area contributed by atoms with E-state index in [9.17, 15) is 4.79 Å². The van der Waals surface area contributed by atoms with E-state index >= 15 is 0 Å². The number of aliphatic carboxylic acids is 1. The number of hydrogen-bond donors (Lipinski definition) is 2.